The Morgan fingerprint density at radius 2 is 1.89 bits per heavy atom. The summed E-state index contributed by atoms with van der Waals surface area (Å²) in [6.07, 6.45) is 14.0. The lowest BCUT2D eigenvalue weighted by atomic mass is 9.94. The lowest BCUT2D eigenvalue weighted by molar-refractivity contribution is -0.134. The molecule has 2 saturated heterocycles. The molecule has 0 spiro atoms. The molecule has 4 rings (SSSR count). The van der Waals surface area contributed by atoms with Gasteiger partial charge in [0.15, 0.2) is 0 Å². The number of rotatable bonds is 7. The second-order valence-corrected chi connectivity index (χ2v) is 8.56. The number of aromatic nitrogens is 2. The molecule has 1 atom stereocenters. The Morgan fingerprint density at radius 1 is 1.07 bits per heavy atom. The van der Waals surface area contributed by atoms with Gasteiger partial charge in [0.25, 0.3) is 0 Å². The van der Waals surface area contributed by atoms with E-state index in [0.717, 1.165) is 38.6 Å². The summed E-state index contributed by atoms with van der Waals surface area (Å²) in [4.78, 5) is 17.7. The first-order chi connectivity index (χ1) is 13.3. The summed E-state index contributed by atoms with van der Waals surface area (Å²) in [5, 5.41) is 4.20. The summed E-state index contributed by atoms with van der Waals surface area (Å²) in [6.45, 7) is 5.20. The van der Waals surface area contributed by atoms with Crippen molar-refractivity contribution in [1.29, 1.82) is 0 Å². The minimum Gasteiger partial charge on any atom is -0.376 e. The van der Waals surface area contributed by atoms with E-state index in [-0.39, 0.29) is 12.0 Å². The fourth-order valence-electron chi connectivity index (χ4n) is 5.03. The van der Waals surface area contributed by atoms with Crippen molar-refractivity contribution < 1.29 is 9.53 Å². The van der Waals surface area contributed by atoms with E-state index in [1.54, 1.807) is 10.9 Å². The third kappa shape index (κ3) is 5.11. The first kappa shape index (κ1) is 18.9. The molecule has 150 valence electrons. The van der Waals surface area contributed by atoms with E-state index in [0.29, 0.717) is 12.5 Å². The second-order valence-electron chi connectivity index (χ2n) is 8.56. The predicted molar refractivity (Wildman–Crippen MR) is 104 cm³/mol. The van der Waals surface area contributed by atoms with Gasteiger partial charge in [-0.3, -0.25) is 9.48 Å². The largest absolute Gasteiger partial charge is 0.376 e. The number of carbonyl (C=O) groups excluding carboxylic acids is 1. The maximum absolute atomic E-state index is 12.9. The molecule has 1 aromatic rings. The summed E-state index contributed by atoms with van der Waals surface area (Å²) in [6, 6.07) is 2.70. The number of hydrogen-bond acceptors (Lipinski definition) is 4. The molecule has 3 aliphatic rings. The van der Waals surface area contributed by atoms with Gasteiger partial charge in [0.05, 0.1) is 6.10 Å². The van der Waals surface area contributed by atoms with Crippen molar-refractivity contribution in [3.05, 3.63) is 18.5 Å². The van der Waals surface area contributed by atoms with Crippen molar-refractivity contribution in [2.45, 2.75) is 70.1 Å². The van der Waals surface area contributed by atoms with Gasteiger partial charge < -0.3 is 14.5 Å². The van der Waals surface area contributed by atoms with Gasteiger partial charge in [-0.05, 0) is 63.6 Å². The Bertz CT molecular complexity index is 571. The average Bonchev–Trinajstić information content (AvgIpc) is 3.45. The Hall–Kier alpha value is -1.40. The number of carbonyl (C=O) groups is 1. The second kappa shape index (κ2) is 9.20. The number of likely N-dealkylation sites (tertiary alicyclic amines) is 1. The third-order valence-corrected chi connectivity index (χ3v) is 6.63. The summed E-state index contributed by atoms with van der Waals surface area (Å²) >= 11 is 0. The first-order valence-corrected chi connectivity index (χ1v) is 10.9. The zero-order valence-electron chi connectivity index (χ0n) is 16.5. The summed E-state index contributed by atoms with van der Waals surface area (Å²) in [7, 11) is 0. The molecule has 0 unspecified atom stereocenters. The lowest BCUT2D eigenvalue weighted by Gasteiger charge is -2.38. The minimum atomic E-state index is 0.174. The molecule has 27 heavy (non-hydrogen) atoms. The van der Waals surface area contributed by atoms with E-state index in [1.165, 1.54) is 51.6 Å². The van der Waals surface area contributed by atoms with Crippen LogP contribution in [-0.2, 0) is 16.1 Å². The molecule has 1 saturated carbocycles. The first-order valence-electron chi connectivity index (χ1n) is 10.9. The van der Waals surface area contributed by atoms with Gasteiger partial charge in [-0.2, -0.15) is 5.10 Å². The van der Waals surface area contributed by atoms with Crippen LogP contribution < -0.4 is 0 Å². The van der Waals surface area contributed by atoms with Crippen molar-refractivity contribution in [2.24, 2.45) is 5.92 Å². The zero-order valence-corrected chi connectivity index (χ0v) is 16.5. The molecular formula is C21H34N4O2. The Kier molecular flexibility index (Phi) is 6.45. The van der Waals surface area contributed by atoms with E-state index in [1.807, 2.05) is 12.3 Å². The van der Waals surface area contributed by atoms with Gasteiger partial charge in [-0.15, -0.1) is 0 Å². The highest BCUT2D eigenvalue weighted by Gasteiger charge is 2.30. The highest BCUT2D eigenvalue weighted by atomic mass is 16.5. The van der Waals surface area contributed by atoms with Gasteiger partial charge in [-0.25, -0.2) is 0 Å². The predicted octanol–water partition coefficient (Wildman–Crippen LogP) is 2.55. The molecule has 1 amide bonds. The standard InChI is InChI=1S/C21H34N4O2/c26-21(17-25-11-4-10-22-25)24(16-20-7-3-14-27-20)15-18-8-12-23(13-9-18)19-5-1-2-6-19/h4,10-11,18-20H,1-3,5-9,12-17H2/t20-/m0/s1. The number of amides is 1. The van der Waals surface area contributed by atoms with Crippen molar-refractivity contribution in [1.82, 2.24) is 19.6 Å². The Labute approximate surface area is 162 Å². The highest BCUT2D eigenvalue weighted by Crippen LogP contribution is 2.28. The normalized spacial score (nSPS) is 25.3. The Balaban J connectivity index is 1.31. The molecule has 1 aliphatic carbocycles. The maximum atomic E-state index is 12.9. The van der Waals surface area contributed by atoms with Crippen LogP contribution >= 0.6 is 0 Å². The SMILES string of the molecule is O=C(Cn1cccn1)N(CC1CCN(C2CCCC2)CC1)C[C@@H]1CCCO1. The molecule has 6 nitrogen and oxygen atoms in total. The molecule has 2 aliphatic heterocycles. The van der Waals surface area contributed by atoms with Crippen molar-refractivity contribution in [3.63, 3.8) is 0 Å². The minimum absolute atomic E-state index is 0.174. The van der Waals surface area contributed by atoms with Crippen LogP contribution in [0.5, 0.6) is 0 Å². The molecule has 0 radical (unpaired) electrons. The molecule has 1 aromatic heterocycles. The molecule has 0 bridgehead atoms. The molecule has 0 N–H and O–H groups in total. The zero-order chi connectivity index (χ0) is 18.5. The van der Waals surface area contributed by atoms with E-state index in [2.05, 4.69) is 14.9 Å². The molecule has 3 heterocycles. The quantitative estimate of drug-likeness (QED) is 0.736. The average molecular weight is 375 g/mol. The van der Waals surface area contributed by atoms with Crippen molar-refractivity contribution >= 4 is 5.91 Å². The van der Waals surface area contributed by atoms with Crippen molar-refractivity contribution in [3.8, 4) is 0 Å². The van der Waals surface area contributed by atoms with Crippen LogP contribution in [0.1, 0.15) is 51.4 Å². The third-order valence-electron chi connectivity index (χ3n) is 6.63. The molecule has 6 heteroatoms. The van der Waals surface area contributed by atoms with E-state index in [9.17, 15) is 4.79 Å². The number of nitrogens with zero attached hydrogens (tertiary/aromatic N) is 4. The van der Waals surface area contributed by atoms with Crippen LogP contribution in [0, 0.1) is 5.92 Å². The maximum Gasteiger partial charge on any atom is 0.244 e. The van der Waals surface area contributed by atoms with Crippen LogP contribution in [0.3, 0.4) is 0 Å². The van der Waals surface area contributed by atoms with Gasteiger partial charge in [0, 0.05) is 38.1 Å². The van der Waals surface area contributed by atoms with Crippen molar-refractivity contribution in [2.75, 3.05) is 32.8 Å². The van der Waals surface area contributed by atoms with Gasteiger partial charge in [-0.1, -0.05) is 12.8 Å². The van der Waals surface area contributed by atoms with Crippen LogP contribution in [0.2, 0.25) is 0 Å². The van der Waals surface area contributed by atoms with Crippen LogP contribution in [-0.4, -0.2) is 70.4 Å². The number of hydrogen-bond donors (Lipinski definition) is 0. The van der Waals surface area contributed by atoms with E-state index >= 15 is 0 Å². The Morgan fingerprint density at radius 3 is 2.56 bits per heavy atom. The van der Waals surface area contributed by atoms with Gasteiger partial charge in [0.2, 0.25) is 5.91 Å². The molecule has 0 aromatic carbocycles. The number of piperidine rings is 1. The van der Waals surface area contributed by atoms with Crippen LogP contribution in [0.4, 0.5) is 0 Å². The number of ether oxygens (including phenoxy) is 1. The van der Waals surface area contributed by atoms with E-state index in [4.69, 9.17) is 4.74 Å². The smallest absolute Gasteiger partial charge is 0.244 e. The summed E-state index contributed by atoms with van der Waals surface area (Å²) in [5.74, 6) is 0.790. The van der Waals surface area contributed by atoms with Crippen LogP contribution in [0.25, 0.3) is 0 Å². The molecule has 3 fully saturated rings. The lowest BCUT2D eigenvalue weighted by Crippen LogP contribution is -2.46. The van der Waals surface area contributed by atoms with Crippen LogP contribution in [0.15, 0.2) is 18.5 Å². The summed E-state index contributed by atoms with van der Waals surface area (Å²) < 4.78 is 7.55. The fraction of sp³-hybridized carbons (Fsp3) is 0.810. The van der Waals surface area contributed by atoms with Gasteiger partial charge >= 0.3 is 0 Å². The van der Waals surface area contributed by atoms with Gasteiger partial charge in [0.1, 0.15) is 6.54 Å². The van der Waals surface area contributed by atoms with E-state index < -0.39 is 0 Å². The molecular weight excluding hydrogens is 340 g/mol. The fourth-order valence-corrected chi connectivity index (χ4v) is 5.03. The summed E-state index contributed by atoms with van der Waals surface area (Å²) in [5.41, 5.74) is 0. The monoisotopic (exact) mass is 374 g/mol. The highest BCUT2D eigenvalue weighted by molar-refractivity contribution is 5.76. The topological polar surface area (TPSA) is 50.6 Å².